The first-order chi connectivity index (χ1) is 14.5. The van der Waals surface area contributed by atoms with E-state index in [1.165, 1.54) is 18.0 Å². The van der Waals surface area contributed by atoms with Crippen LogP contribution in [0.25, 0.3) is 21.7 Å². The van der Waals surface area contributed by atoms with Crippen LogP contribution in [0.3, 0.4) is 0 Å². The summed E-state index contributed by atoms with van der Waals surface area (Å²) < 4.78 is 1.60. The van der Waals surface area contributed by atoms with E-state index in [0.29, 0.717) is 33.4 Å². The van der Waals surface area contributed by atoms with E-state index in [1.807, 2.05) is 43.3 Å². The number of halogens is 1. The predicted octanol–water partition coefficient (Wildman–Crippen LogP) is 4.74. The molecule has 4 rings (SSSR count). The van der Waals surface area contributed by atoms with Crippen LogP contribution >= 0.6 is 23.4 Å². The van der Waals surface area contributed by atoms with E-state index in [-0.39, 0.29) is 11.5 Å². The molecule has 0 spiro atoms. The lowest BCUT2D eigenvalue weighted by Crippen LogP contribution is -2.26. The Hall–Kier alpha value is -2.90. The highest BCUT2D eigenvalue weighted by Crippen LogP contribution is 2.26. The second-order valence-corrected chi connectivity index (χ2v) is 8.52. The number of nitrogens with one attached hydrogen (secondary N) is 1. The number of anilines is 1. The van der Waals surface area contributed by atoms with Crippen LogP contribution in [0.15, 0.2) is 64.7 Å². The lowest BCUT2D eigenvalue weighted by Gasteiger charge is -2.15. The smallest absolute Gasteiger partial charge is 0.262 e. The van der Waals surface area contributed by atoms with Crippen LogP contribution in [0.5, 0.6) is 0 Å². The van der Waals surface area contributed by atoms with Crippen LogP contribution in [0.2, 0.25) is 5.02 Å². The summed E-state index contributed by atoms with van der Waals surface area (Å²) in [5.74, 6) is 0.188. The monoisotopic (exact) mass is 438 g/mol. The number of hydrogen-bond acceptors (Lipinski definition) is 5. The molecule has 1 unspecified atom stereocenters. The van der Waals surface area contributed by atoms with Crippen molar-refractivity contribution in [3.05, 3.63) is 70.1 Å². The number of rotatable bonds is 5. The lowest BCUT2D eigenvalue weighted by atomic mass is 10.1. The molecular weight excluding hydrogens is 420 g/mol. The molecule has 4 aromatic rings. The first-order valence-electron chi connectivity index (χ1n) is 9.48. The molecule has 1 amide bonds. The molecule has 0 radical (unpaired) electrons. The predicted molar refractivity (Wildman–Crippen MR) is 122 cm³/mol. The Balaban J connectivity index is 1.67. The molecule has 0 bridgehead atoms. The molecule has 6 nitrogen and oxygen atoms in total. The van der Waals surface area contributed by atoms with Crippen LogP contribution in [0, 0.1) is 0 Å². The summed E-state index contributed by atoms with van der Waals surface area (Å²) >= 11 is 7.08. The van der Waals surface area contributed by atoms with E-state index in [2.05, 4.69) is 10.3 Å². The molecule has 152 valence electrons. The Morgan fingerprint density at radius 3 is 2.60 bits per heavy atom. The van der Waals surface area contributed by atoms with E-state index in [4.69, 9.17) is 16.6 Å². The van der Waals surface area contributed by atoms with Gasteiger partial charge in [0.2, 0.25) is 5.91 Å². The molecular formula is C22H19ClN4O2S. The Bertz CT molecular complexity index is 1300. The average molecular weight is 439 g/mol. The quantitative estimate of drug-likeness (QED) is 0.277. The highest BCUT2D eigenvalue weighted by Gasteiger charge is 2.19. The maximum atomic E-state index is 13.1. The fourth-order valence-corrected chi connectivity index (χ4v) is 4.23. The standard InChI is InChI=1S/C22H19ClN4O2S/c1-3-27-21(29)17-10-14-6-4-5-7-15(14)11-18(17)25-22(27)30-13(2)20(28)26-19-9-8-16(23)12-24-19/h4-13H,3H2,1-2H3,(H,24,26,28). The summed E-state index contributed by atoms with van der Waals surface area (Å²) in [6.07, 6.45) is 1.47. The van der Waals surface area contributed by atoms with Crippen molar-refractivity contribution >= 4 is 56.8 Å². The molecule has 2 aromatic heterocycles. The van der Waals surface area contributed by atoms with Gasteiger partial charge in [0.25, 0.3) is 5.56 Å². The van der Waals surface area contributed by atoms with Gasteiger partial charge < -0.3 is 5.32 Å². The van der Waals surface area contributed by atoms with Crippen molar-refractivity contribution in [2.24, 2.45) is 0 Å². The highest BCUT2D eigenvalue weighted by molar-refractivity contribution is 8.00. The topological polar surface area (TPSA) is 76.9 Å². The van der Waals surface area contributed by atoms with Gasteiger partial charge in [0.1, 0.15) is 5.82 Å². The molecule has 1 atom stereocenters. The van der Waals surface area contributed by atoms with Gasteiger partial charge in [-0.15, -0.1) is 0 Å². The first kappa shape index (κ1) is 20.4. The van der Waals surface area contributed by atoms with E-state index in [9.17, 15) is 9.59 Å². The molecule has 2 aromatic carbocycles. The molecule has 8 heteroatoms. The van der Waals surface area contributed by atoms with Gasteiger partial charge in [-0.1, -0.05) is 47.6 Å². The Morgan fingerprint density at radius 2 is 1.93 bits per heavy atom. The van der Waals surface area contributed by atoms with Gasteiger partial charge >= 0.3 is 0 Å². The van der Waals surface area contributed by atoms with Crippen molar-refractivity contribution < 1.29 is 4.79 Å². The average Bonchev–Trinajstić information content (AvgIpc) is 2.74. The van der Waals surface area contributed by atoms with Crippen LogP contribution in [-0.4, -0.2) is 25.7 Å². The fourth-order valence-electron chi connectivity index (χ4n) is 3.15. The second kappa shape index (κ2) is 8.45. The van der Waals surface area contributed by atoms with Crippen LogP contribution in [-0.2, 0) is 11.3 Å². The maximum Gasteiger partial charge on any atom is 0.262 e. The maximum absolute atomic E-state index is 13.1. The number of amides is 1. The molecule has 1 N–H and O–H groups in total. The fraction of sp³-hybridized carbons (Fsp3) is 0.182. The van der Waals surface area contributed by atoms with E-state index in [1.54, 1.807) is 23.6 Å². The zero-order valence-electron chi connectivity index (χ0n) is 16.4. The number of pyridine rings is 1. The van der Waals surface area contributed by atoms with Crippen LogP contribution < -0.4 is 10.9 Å². The Kier molecular flexibility index (Phi) is 5.74. The molecule has 30 heavy (non-hydrogen) atoms. The molecule has 0 fully saturated rings. The van der Waals surface area contributed by atoms with Gasteiger partial charge in [0.15, 0.2) is 5.16 Å². The Morgan fingerprint density at radius 1 is 1.20 bits per heavy atom. The minimum absolute atomic E-state index is 0.109. The summed E-state index contributed by atoms with van der Waals surface area (Å²) in [6, 6.07) is 15.0. The third-order valence-corrected chi connectivity index (χ3v) is 6.05. The molecule has 2 heterocycles. The summed E-state index contributed by atoms with van der Waals surface area (Å²) in [4.78, 5) is 34.5. The zero-order valence-corrected chi connectivity index (χ0v) is 18.0. The van der Waals surface area contributed by atoms with Crippen molar-refractivity contribution in [1.82, 2.24) is 14.5 Å². The van der Waals surface area contributed by atoms with Gasteiger partial charge in [-0.2, -0.15) is 0 Å². The van der Waals surface area contributed by atoms with Gasteiger partial charge in [-0.05, 0) is 48.9 Å². The molecule has 0 aliphatic rings. The number of thioether (sulfide) groups is 1. The van der Waals surface area contributed by atoms with Gasteiger partial charge in [0.05, 0.1) is 21.2 Å². The van der Waals surface area contributed by atoms with Gasteiger partial charge in [0, 0.05) is 12.7 Å². The van der Waals surface area contributed by atoms with Crippen LogP contribution in [0.4, 0.5) is 5.82 Å². The normalized spacial score (nSPS) is 12.2. The summed E-state index contributed by atoms with van der Waals surface area (Å²) in [7, 11) is 0. The Labute approximate surface area is 182 Å². The van der Waals surface area contributed by atoms with Crippen molar-refractivity contribution in [3.8, 4) is 0 Å². The minimum atomic E-state index is -0.481. The summed E-state index contributed by atoms with van der Waals surface area (Å²) in [5.41, 5.74) is 0.514. The number of carbonyl (C=O) groups is 1. The number of benzene rings is 2. The number of hydrogen-bond donors (Lipinski definition) is 1. The van der Waals surface area contributed by atoms with E-state index in [0.717, 1.165) is 10.8 Å². The van der Waals surface area contributed by atoms with E-state index < -0.39 is 5.25 Å². The highest BCUT2D eigenvalue weighted by atomic mass is 35.5. The number of nitrogens with zero attached hydrogens (tertiary/aromatic N) is 3. The first-order valence-corrected chi connectivity index (χ1v) is 10.7. The lowest BCUT2D eigenvalue weighted by molar-refractivity contribution is -0.115. The molecule has 0 aliphatic carbocycles. The van der Waals surface area contributed by atoms with Crippen molar-refractivity contribution in [3.63, 3.8) is 0 Å². The van der Waals surface area contributed by atoms with E-state index >= 15 is 0 Å². The second-order valence-electron chi connectivity index (χ2n) is 6.77. The number of fused-ring (bicyclic) bond motifs is 2. The van der Waals surface area contributed by atoms with Crippen molar-refractivity contribution in [2.45, 2.75) is 30.8 Å². The summed E-state index contributed by atoms with van der Waals surface area (Å²) in [5, 5.41) is 5.87. The summed E-state index contributed by atoms with van der Waals surface area (Å²) in [6.45, 7) is 4.12. The number of aromatic nitrogens is 3. The third kappa shape index (κ3) is 4.04. The minimum Gasteiger partial charge on any atom is -0.310 e. The zero-order chi connectivity index (χ0) is 21.3. The van der Waals surface area contributed by atoms with Crippen LogP contribution in [0.1, 0.15) is 13.8 Å². The van der Waals surface area contributed by atoms with Crippen molar-refractivity contribution in [2.75, 3.05) is 5.32 Å². The third-order valence-electron chi connectivity index (χ3n) is 4.73. The molecule has 0 saturated carbocycles. The largest absolute Gasteiger partial charge is 0.310 e. The van der Waals surface area contributed by atoms with Crippen molar-refractivity contribution in [1.29, 1.82) is 0 Å². The molecule has 0 aliphatic heterocycles. The van der Waals surface area contributed by atoms with Gasteiger partial charge in [-0.25, -0.2) is 9.97 Å². The molecule has 0 saturated heterocycles. The number of carbonyl (C=O) groups excluding carboxylic acids is 1. The SMILES string of the molecule is CCn1c(SC(C)C(=O)Nc2ccc(Cl)cn2)nc2cc3ccccc3cc2c1=O. The van der Waals surface area contributed by atoms with Gasteiger partial charge in [-0.3, -0.25) is 14.2 Å².